The summed E-state index contributed by atoms with van der Waals surface area (Å²) in [6.07, 6.45) is 0. The molecule has 11 aromatic rings. The summed E-state index contributed by atoms with van der Waals surface area (Å²) < 4.78 is 4.66. The van der Waals surface area contributed by atoms with E-state index in [-0.39, 0.29) is 0 Å². The number of para-hydroxylation sites is 3. The van der Waals surface area contributed by atoms with Gasteiger partial charge in [0.15, 0.2) is 0 Å². The number of hydrogen-bond acceptors (Lipinski definition) is 2. The van der Waals surface area contributed by atoms with E-state index in [4.69, 9.17) is 9.97 Å². The Bertz CT molecular complexity index is 3190. The van der Waals surface area contributed by atoms with Crippen LogP contribution < -0.4 is 0 Å². The molecule has 0 saturated carbocycles. The van der Waals surface area contributed by atoms with E-state index in [0.717, 1.165) is 44.4 Å². The van der Waals surface area contributed by atoms with Gasteiger partial charge in [-0.05, 0) is 64.7 Å². The van der Waals surface area contributed by atoms with Crippen LogP contribution in [0.1, 0.15) is 0 Å². The van der Waals surface area contributed by atoms with Gasteiger partial charge in [0.2, 0.25) is 5.95 Å². The molecule has 8 aromatic carbocycles. The Hall–Kier alpha value is -7.30. The van der Waals surface area contributed by atoms with Crippen molar-refractivity contribution in [3.05, 3.63) is 194 Å². The average molecular weight is 689 g/mol. The van der Waals surface area contributed by atoms with E-state index in [2.05, 4.69) is 203 Å². The van der Waals surface area contributed by atoms with Gasteiger partial charge in [0.05, 0.1) is 33.3 Å². The Morgan fingerprint density at radius 1 is 0.315 bits per heavy atom. The second-order valence-electron chi connectivity index (χ2n) is 13.8. The zero-order chi connectivity index (χ0) is 35.6. The number of benzene rings is 8. The highest BCUT2D eigenvalue weighted by Gasteiger charge is 2.22. The van der Waals surface area contributed by atoms with Gasteiger partial charge in [-0.15, -0.1) is 0 Å². The maximum absolute atomic E-state index is 5.40. The minimum atomic E-state index is 0.653. The molecule has 3 aromatic heterocycles. The van der Waals surface area contributed by atoms with E-state index in [1.165, 1.54) is 49.3 Å². The first kappa shape index (κ1) is 30.3. The Labute approximate surface area is 311 Å². The van der Waals surface area contributed by atoms with Crippen LogP contribution in [0.3, 0.4) is 0 Å². The maximum atomic E-state index is 5.40. The lowest BCUT2D eigenvalue weighted by atomic mass is 10.0. The molecular weight excluding hydrogens is 657 g/mol. The van der Waals surface area contributed by atoms with Gasteiger partial charge in [-0.3, -0.25) is 4.57 Å². The molecule has 4 nitrogen and oxygen atoms in total. The van der Waals surface area contributed by atoms with E-state index >= 15 is 0 Å². The summed E-state index contributed by atoms with van der Waals surface area (Å²) in [4.78, 5) is 10.6. The van der Waals surface area contributed by atoms with Gasteiger partial charge < -0.3 is 4.57 Å². The van der Waals surface area contributed by atoms with Gasteiger partial charge in [-0.1, -0.05) is 152 Å². The SMILES string of the molecule is c1ccc(-c2ccc(-c3nc(-n4c5ccccc5c5c6c7ccccc7n(-c7cccc(-c8ccccc8)c7)c6ccc54)nc4ccccc34)cc2)cc1. The van der Waals surface area contributed by atoms with Crippen LogP contribution in [0, 0.1) is 0 Å². The Balaban J connectivity index is 1.16. The fraction of sp³-hybridized carbons (Fsp3) is 0. The predicted molar refractivity (Wildman–Crippen MR) is 225 cm³/mol. The van der Waals surface area contributed by atoms with E-state index < -0.39 is 0 Å². The Kier molecular flexibility index (Phi) is 6.82. The normalized spacial score (nSPS) is 11.7. The Morgan fingerprint density at radius 2 is 0.815 bits per heavy atom. The summed E-state index contributed by atoms with van der Waals surface area (Å²) in [5.74, 6) is 0.653. The smallest absolute Gasteiger partial charge is 0.235 e. The first-order chi connectivity index (χ1) is 26.8. The summed E-state index contributed by atoms with van der Waals surface area (Å²) in [6, 6.07) is 69.0. The van der Waals surface area contributed by atoms with Crippen molar-refractivity contribution in [2.75, 3.05) is 0 Å². The van der Waals surface area contributed by atoms with Crippen LogP contribution in [0.4, 0.5) is 0 Å². The fourth-order valence-electron chi connectivity index (χ4n) is 8.30. The average Bonchev–Trinajstić information content (AvgIpc) is 3.77. The lowest BCUT2D eigenvalue weighted by Gasteiger charge is -2.12. The molecule has 0 saturated heterocycles. The van der Waals surface area contributed by atoms with Gasteiger partial charge in [0, 0.05) is 38.2 Å². The number of fused-ring (bicyclic) bond motifs is 8. The lowest BCUT2D eigenvalue weighted by molar-refractivity contribution is 1.01. The van der Waals surface area contributed by atoms with E-state index in [1.807, 2.05) is 0 Å². The van der Waals surface area contributed by atoms with Gasteiger partial charge in [-0.2, -0.15) is 0 Å². The molecule has 0 N–H and O–H groups in total. The molecule has 0 aliphatic carbocycles. The van der Waals surface area contributed by atoms with Gasteiger partial charge in [-0.25, -0.2) is 9.97 Å². The topological polar surface area (TPSA) is 35.6 Å². The van der Waals surface area contributed by atoms with Crippen LogP contribution in [-0.4, -0.2) is 19.1 Å². The summed E-state index contributed by atoms with van der Waals surface area (Å²) in [5.41, 5.74) is 13.3. The predicted octanol–water partition coefficient (Wildman–Crippen LogP) is 12.8. The fourth-order valence-corrected chi connectivity index (χ4v) is 8.30. The summed E-state index contributed by atoms with van der Waals surface area (Å²) in [6.45, 7) is 0. The molecule has 0 aliphatic rings. The quantitative estimate of drug-likeness (QED) is 0.180. The van der Waals surface area contributed by atoms with Crippen molar-refractivity contribution in [2.24, 2.45) is 0 Å². The first-order valence-electron chi connectivity index (χ1n) is 18.3. The zero-order valence-electron chi connectivity index (χ0n) is 29.3. The highest BCUT2D eigenvalue weighted by molar-refractivity contribution is 6.28. The van der Waals surface area contributed by atoms with Crippen LogP contribution in [0.2, 0.25) is 0 Å². The molecular formula is C50H32N4. The van der Waals surface area contributed by atoms with E-state index in [0.29, 0.717) is 5.95 Å². The van der Waals surface area contributed by atoms with Crippen LogP contribution in [0.5, 0.6) is 0 Å². The molecule has 4 heteroatoms. The van der Waals surface area contributed by atoms with Crippen molar-refractivity contribution in [3.8, 4) is 45.1 Å². The van der Waals surface area contributed by atoms with Crippen molar-refractivity contribution < 1.29 is 0 Å². The third kappa shape index (κ3) is 4.70. The molecule has 252 valence electrons. The number of nitrogens with zero attached hydrogens (tertiary/aromatic N) is 4. The second-order valence-corrected chi connectivity index (χ2v) is 13.8. The third-order valence-corrected chi connectivity index (χ3v) is 10.7. The molecule has 0 unspecified atom stereocenters. The van der Waals surface area contributed by atoms with Gasteiger partial charge >= 0.3 is 0 Å². The van der Waals surface area contributed by atoms with Crippen molar-refractivity contribution in [3.63, 3.8) is 0 Å². The van der Waals surface area contributed by atoms with Crippen molar-refractivity contribution in [1.29, 1.82) is 0 Å². The minimum absolute atomic E-state index is 0.653. The van der Waals surface area contributed by atoms with Crippen LogP contribution in [0.15, 0.2) is 194 Å². The summed E-state index contributed by atoms with van der Waals surface area (Å²) >= 11 is 0. The van der Waals surface area contributed by atoms with Crippen molar-refractivity contribution in [2.45, 2.75) is 0 Å². The molecule has 0 radical (unpaired) electrons. The van der Waals surface area contributed by atoms with E-state index in [1.54, 1.807) is 0 Å². The number of rotatable bonds is 5. The van der Waals surface area contributed by atoms with Gasteiger partial charge in [0.1, 0.15) is 0 Å². The molecule has 0 amide bonds. The number of hydrogen-bond donors (Lipinski definition) is 0. The largest absolute Gasteiger partial charge is 0.309 e. The maximum Gasteiger partial charge on any atom is 0.235 e. The van der Waals surface area contributed by atoms with E-state index in [9.17, 15) is 0 Å². The highest BCUT2D eigenvalue weighted by atomic mass is 15.2. The molecule has 0 atom stereocenters. The second kappa shape index (κ2) is 12.1. The van der Waals surface area contributed by atoms with Gasteiger partial charge in [0.25, 0.3) is 0 Å². The molecule has 3 heterocycles. The van der Waals surface area contributed by atoms with Crippen molar-refractivity contribution >= 4 is 54.5 Å². The third-order valence-electron chi connectivity index (χ3n) is 10.7. The Morgan fingerprint density at radius 3 is 1.50 bits per heavy atom. The molecule has 54 heavy (non-hydrogen) atoms. The minimum Gasteiger partial charge on any atom is -0.309 e. The zero-order valence-corrected chi connectivity index (χ0v) is 29.3. The molecule has 11 rings (SSSR count). The molecule has 0 aliphatic heterocycles. The summed E-state index contributed by atoms with van der Waals surface area (Å²) in [5, 5.41) is 5.83. The molecule has 0 fully saturated rings. The molecule has 0 bridgehead atoms. The standard InChI is InChI=1S/C50H32N4/c1-3-14-33(15-4-1)35-26-28-36(29-27-35)49-39-20-7-10-23-42(39)51-50(52-49)54-44-25-12-9-22-41(44)48-46(54)31-30-45-47(48)40-21-8-11-24-43(40)53(45)38-19-13-18-37(32-38)34-16-5-2-6-17-34/h1-32H. The monoisotopic (exact) mass is 688 g/mol. The van der Waals surface area contributed by atoms with Crippen LogP contribution >= 0.6 is 0 Å². The lowest BCUT2D eigenvalue weighted by Crippen LogP contribution is -2.03. The van der Waals surface area contributed by atoms with Crippen LogP contribution in [-0.2, 0) is 0 Å². The summed E-state index contributed by atoms with van der Waals surface area (Å²) in [7, 11) is 0. The first-order valence-corrected chi connectivity index (χ1v) is 18.3. The molecule has 0 spiro atoms. The highest BCUT2D eigenvalue weighted by Crippen LogP contribution is 2.42. The van der Waals surface area contributed by atoms with Crippen LogP contribution in [0.25, 0.3) is 99.7 Å². The van der Waals surface area contributed by atoms with Crippen molar-refractivity contribution in [1.82, 2.24) is 19.1 Å². The number of aromatic nitrogens is 4.